The highest BCUT2D eigenvalue weighted by Crippen LogP contribution is 2.38. The third-order valence-electron chi connectivity index (χ3n) is 6.34. The molecule has 1 aliphatic heterocycles. The number of nitrogens with zero attached hydrogens (tertiary/aromatic N) is 2. The zero-order chi connectivity index (χ0) is 27.0. The van der Waals surface area contributed by atoms with Gasteiger partial charge in [0.1, 0.15) is 11.0 Å². The Morgan fingerprint density at radius 3 is 2.43 bits per heavy atom. The van der Waals surface area contributed by atoms with Gasteiger partial charge in [0.2, 0.25) is 0 Å². The Labute approximate surface area is 211 Å². The second-order valence-corrected chi connectivity index (χ2v) is 10.9. The second kappa shape index (κ2) is 10.3. The van der Waals surface area contributed by atoms with Crippen molar-refractivity contribution >= 4 is 26.4 Å². The first kappa shape index (κ1) is 26.9. The molecular formula is C25H26F5N3O3S. The average molecular weight is 544 g/mol. The Bertz CT molecular complexity index is 1380. The van der Waals surface area contributed by atoms with Crippen LogP contribution in [0.15, 0.2) is 60.1 Å². The van der Waals surface area contributed by atoms with Gasteiger partial charge in [0, 0.05) is 48.8 Å². The van der Waals surface area contributed by atoms with Crippen LogP contribution in [-0.2, 0) is 9.84 Å². The van der Waals surface area contributed by atoms with Crippen molar-refractivity contribution in [3.05, 3.63) is 66.4 Å². The van der Waals surface area contributed by atoms with Crippen LogP contribution in [0.1, 0.15) is 22.8 Å². The number of sulfone groups is 1. The van der Waals surface area contributed by atoms with E-state index in [4.69, 9.17) is 4.74 Å². The molecule has 0 aliphatic carbocycles. The minimum Gasteiger partial charge on any atom is -0.482 e. The average Bonchev–Trinajstić information content (AvgIpc) is 3.27. The van der Waals surface area contributed by atoms with Crippen LogP contribution < -0.4 is 9.64 Å². The van der Waals surface area contributed by atoms with Crippen LogP contribution in [0.5, 0.6) is 5.75 Å². The lowest BCUT2D eigenvalue weighted by Gasteiger charge is -2.35. The molecule has 3 aromatic rings. The van der Waals surface area contributed by atoms with Crippen molar-refractivity contribution in [2.75, 3.05) is 44.7 Å². The van der Waals surface area contributed by atoms with Crippen LogP contribution in [0.3, 0.4) is 0 Å². The van der Waals surface area contributed by atoms with Crippen LogP contribution >= 0.6 is 0 Å². The minimum atomic E-state index is -4.54. The molecule has 1 aliphatic rings. The first-order valence-electron chi connectivity index (χ1n) is 11.4. The molecule has 1 saturated heterocycles. The molecular weight excluding hydrogens is 517 g/mol. The fourth-order valence-electron chi connectivity index (χ4n) is 4.36. The Hall–Kier alpha value is -3.12. The predicted molar refractivity (Wildman–Crippen MR) is 131 cm³/mol. The van der Waals surface area contributed by atoms with Gasteiger partial charge in [-0.15, -0.1) is 6.58 Å². The molecule has 1 N–H and O–H groups in total. The molecule has 12 heteroatoms. The fourth-order valence-corrected chi connectivity index (χ4v) is 5.95. The van der Waals surface area contributed by atoms with Gasteiger partial charge < -0.3 is 19.5 Å². The number of hydrogen-bond donors (Lipinski definition) is 1. The van der Waals surface area contributed by atoms with E-state index >= 15 is 0 Å². The third kappa shape index (κ3) is 5.74. The van der Waals surface area contributed by atoms with Gasteiger partial charge in [-0.1, -0.05) is 18.2 Å². The van der Waals surface area contributed by atoms with Crippen LogP contribution in [0, 0.1) is 0 Å². The topological polar surface area (TPSA) is 65.6 Å². The molecule has 0 bridgehead atoms. The number of aromatic nitrogens is 1. The van der Waals surface area contributed by atoms with Gasteiger partial charge in [0.15, 0.2) is 16.4 Å². The van der Waals surface area contributed by atoms with E-state index in [1.807, 2.05) is 11.9 Å². The Morgan fingerprint density at radius 1 is 1.11 bits per heavy atom. The number of halogens is 5. The van der Waals surface area contributed by atoms with Crippen LogP contribution in [-0.4, -0.2) is 64.3 Å². The largest absolute Gasteiger partial charge is 0.482 e. The molecule has 200 valence electrons. The standard InChI is InChI=1S/C25H26F5N3O3S/c1-3-23(37(34,35)17-5-6-18-19(24(26)27)14-31-20(18)13-17)16-4-7-22(36-15-25(28,29)30)21(12-16)33-10-8-32(2)9-11-33/h3-7,12-14,23-24,31H,1,8-11,15H2,2H3. The van der Waals surface area contributed by atoms with E-state index < -0.39 is 34.3 Å². The zero-order valence-corrected chi connectivity index (χ0v) is 20.7. The highest BCUT2D eigenvalue weighted by atomic mass is 32.2. The van der Waals surface area contributed by atoms with Gasteiger partial charge in [-0.25, -0.2) is 17.2 Å². The maximum atomic E-state index is 13.6. The number of aromatic amines is 1. The van der Waals surface area contributed by atoms with Crippen molar-refractivity contribution in [2.45, 2.75) is 22.7 Å². The molecule has 6 nitrogen and oxygen atoms in total. The van der Waals surface area contributed by atoms with Crippen molar-refractivity contribution in [1.29, 1.82) is 0 Å². The molecule has 37 heavy (non-hydrogen) atoms. The molecule has 1 atom stereocenters. The number of nitrogens with one attached hydrogen (secondary N) is 1. The normalized spacial score (nSPS) is 16.4. The van der Waals surface area contributed by atoms with E-state index in [1.54, 1.807) is 0 Å². The quantitative estimate of drug-likeness (QED) is 0.300. The third-order valence-corrected chi connectivity index (χ3v) is 8.39. The minimum absolute atomic E-state index is 0.00169. The molecule has 0 amide bonds. The second-order valence-electron chi connectivity index (χ2n) is 8.87. The molecule has 0 radical (unpaired) electrons. The summed E-state index contributed by atoms with van der Waals surface area (Å²) in [5.41, 5.74) is 0.667. The van der Waals surface area contributed by atoms with Crippen molar-refractivity contribution < 1.29 is 35.1 Å². The summed E-state index contributed by atoms with van der Waals surface area (Å²) in [6, 6.07) is 8.12. The zero-order valence-electron chi connectivity index (χ0n) is 19.9. The summed E-state index contributed by atoms with van der Waals surface area (Å²) in [5, 5.41) is -1.02. The summed E-state index contributed by atoms with van der Waals surface area (Å²) in [4.78, 5) is 6.51. The van der Waals surface area contributed by atoms with Gasteiger partial charge in [0.05, 0.1) is 10.6 Å². The Balaban J connectivity index is 1.72. The molecule has 2 aromatic carbocycles. The summed E-state index contributed by atoms with van der Waals surface area (Å²) in [6.07, 6.45) is -4.88. The number of rotatable bonds is 8. The number of likely N-dealkylation sites (N-methyl/N-ethyl adjacent to an activating group) is 1. The molecule has 4 rings (SSSR count). The van der Waals surface area contributed by atoms with Gasteiger partial charge in [-0.3, -0.25) is 0 Å². The van der Waals surface area contributed by atoms with Crippen LogP contribution in [0.4, 0.5) is 27.6 Å². The van der Waals surface area contributed by atoms with E-state index in [-0.39, 0.29) is 27.1 Å². The highest BCUT2D eigenvalue weighted by molar-refractivity contribution is 7.91. The van der Waals surface area contributed by atoms with Gasteiger partial charge in [0.25, 0.3) is 6.43 Å². The van der Waals surface area contributed by atoms with Crippen molar-refractivity contribution in [3.8, 4) is 5.75 Å². The van der Waals surface area contributed by atoms with Crippen molar-refractivity contribution in [2.24, 2.45) is 0 Å². The van der Waals surface area contributed by atoms with Gasteiger partial charge in [-0.2, -0.15) is 13.2 Å². The Morgan fingerprint density at radius 2 is 1.81 bits per heavy atom. The maximum absolute atomic E-state index is 13.6. The SMILES string of the molecule is C=CC(c1ccc(OCC(F)(F)F)c(N2CCN(C)CC2)c1)S(=O)(=O)c1ccc2c(C(F)F)c[nH]c2c1. The summed E-state index contributed by atoms with van der Waals surface area (Å²) >= 11 is 0. The van der Waals surface area contributed by atoms with Gasteiger partial charge >= 0.3 is 6.18 Å². The lowest BCUT2D eigenvalue weighted by Crippen LogP contribution is -2.44. The van der Waals surface area contributed by atoms with E-state index in [0.29, 0.717) is 37.4 Å². The van der Waals surface area contributed by atoms with E-state index in [1.165, 1.54) is 42.5 Å². The number of benzene rings is 2. The molecule has 2 heterocycles. The summed E-state index contributed by atoms with van der Waals surface area (Å²) in [7, 11) is -2.15. The smallest absolute Gasteiger partial charge is 0.422 e. The first-order valence-corrected chi connectivity index (χ1v) is 13.0. The number of anilines is 1. The molecule has 1 unspecified atom stereocenters. The number of alkyl halides is 5. The number of fused-ring (bicyclic) bond motifs is 1. The van der Waals surface area contributed by atoms with Crippen molar-refractivity contribution in [3.63, 3.8) is 0 Å². The number of ether oxygens (including phenoxy) is 1. The van der Waals surface area contributed by atoms with E-state index in [2.05, 4.69) is 16.5 Å². The fraction of sp³-hybridized carbons (Fsp3) is 0.360. The molecule has 0 spiro atoms. The Kier molecular flexibility index (Phi) is 7.52. The van der Waals surface area contributed by atoms with Gasteiger partial charge in [-0.05, 0) is 36.9 Å². The number of hydrogen-bond acceptors (Lipinski definition) is 5. The lowest BCUT2D eigenvalue weighted by molar-refractivity contribution is -0.153. The predicted octanol–water partition coefficient (Wildman–Crippen LogP) is 5.50. The lowest BCUT2D eigenvalue weighted by atomic mass is 10.1. The number of piperazine rings is 1. The van der Waals surface area contributed by atoms with Crippen LogP contribution in [0.25, 0.3) is 10.9 Å². The first-order chi connectivity index (χ1) is 17.4. The van der Waals surface area contributed by atoms with Crippen molar-refractivity contribution in [1.82, 2.24) is 9.88 Å². The summed E-state index contributed by atoms with van der Waals surface area (Å²) in [6.45, 7) is 4.57. The maximum Gasteiger partial charge on any atom is 0.422 e. The molecule has 1 fully saturated rings. The summed E-state index contributed by atoms with van der Waals surface area (Å²) in [5.74, 6) is -0.00169. The van der Waals surface area contributed by atoms with Crippen LogP contribution in [0.2, 0.25) is 0 Å². The monoisotopic (exact) mass is 543 g/mol. The van der Waals surface area contributed by atoms with E-state index in [0.717, 1.165) is 6.20 Å². The summed E-state index contributed by atoms with van der Waals surface area (Å²) < 4.78 is 97.2. The highest BCUT2D eigenvalue weighted by Gasteiger charge is 2.32. The molecule has 1 aromatic heterocycles. The number of H-pyrrole nitrogens is 1. The molecule has 0 saturated carbocycles. The van der Waals surface area contributed by atoms with E-state index in [9.17, 15) is 30.4 Å².